The molecule has 0 unspecified atom stereocenters. The van der Waals surface area contributed by atoms with E-state index in [0.29, 0.717) is 17.6 Å². The average molecular weight is 384 g/mol. The Morgan fingerprint density at radius 1 is 1.00 bits per heavy atom. The molecule has 3 rings (SSSR count). The molecule has 0 aliphatic heterocycles. The van der Waals surface area contributed by atoms with E-state index in [9.17, 15) is 8.78 Å². The Hall–Kier alpha value is -2.76. The summed E-state index contributed by atoms with van der Waals surface area (Å²) in [5.41, 5.74) is 5.53. The van der Waals surface area contributed by atoms with Crippen LogP contribution in [0.1, 0.15) is 61.9 Å². The van der Waals surface area contributed by atoms with E-state index in [2.05, 4.69) is 27.3 Å². The second-order valence-corrected chi connectivity index (χ2v) is 7.25. The van der Waals surface area contributed by atoms with Gasteiger partial charge in [0, 0.05) is 11.1 Å². The van der Waals surface area contributed by atoms with Crippen LogP contribution in [0.15, 0.2) is 24.5 Å². The number of nitrogens with zero attached hydrogens (tertiary/aromatic N) is 2. The van der Waals surface area contributed by atoms with Gasteiger partial charge < -0.3 is 0 Å². The molecule has 2 N–H and O–H groups in total. The predicted octanol–water partition coefficient (Wildman–Crippen LogP) is 6.21. The zero-order chi connectivity index (χ0) is 20.3. The van der Waals surface area contributed by atoms with Gasteiger partial charge in [-0.1, -0.05) is 19.8 Å². The summed E-state index contributed by atoms with van der Waals surface area (Å²) in [6.07, 6.45) is 7.22. The highest BCUT2D eigenvalue weighted by molar-refractivity contribution is 5.93. The van der Waals surface area contributed by atoms with E-state index in [1.54, 1.807) is 26.2 Å². The van der Waals surface area contributed by atoms with Crippen molar-refractivity contribution in [2.75, 3.05) is 0 Å². The van der Waals surface area contributed by atoms with Crippen LogP contribution in [0.3, 0.4) is 0 Å². The summed E-state index contributed by atoms with van der Waals surface area (Å²) in [5.74, 6) is -1.08. The van der Waals surface area contributed by atoms with Crippen molar-refractivity contribution in [1.82, 2.24) is 20.4 Å². The lowest BCUT2D eigenvalue weighted by atomic mass is 9.91. The first-order valence-corrected chi connectivity index (χ1v) is 9.63. The number of rotatable bonds is 7. The van der Waals surface area contributed by atoms with E-state index in [4.69, 9.17) is 0 Å². The predicted molar refractivity (Wildman–Crippen MR) is 109 cm³/mol. The van der Waals surface area contributed by atoms with E-state index in [1.807, 2.05) is 6.92 Å². The first kappa shape index (κ1) is 20.0. The molecule has 0 fully saturated rings. The maximum absolute atomic E-state index is 14.7. The summed E-state index contributed by atoms with van der Waals surface area (Å²) in [5, 5.41) is 14.3. The maximum atomic E-state index is 14.7. The van der Waals surface area contributed by atoms with Crippen molar-refractivity contribution in [3.63, 3.8) is 0 Å². The molecule has 4 nitrogen and oxygen atoms in total. The minimum Gasteiger partial charge on any atom is -0.277 e. The van der Waals surface area contributed by atoms with Crippen molar-refractivity contribution in [1.29, 1.82) is 0 Å². The molecule has 0 atom stereocenters. The number of benzene rings is 1. The van der Waals surface area contributed by atoms with Gasteiger partial charge in [0.05, 0.1) is 23.8 Å². The molecular formula is C22H26F2N4. The van der Waals surface area contributed by atoms with Gasteiger partial charge in [0.2, 0.25) is 0 Å². The molecule has 3 aromatic rings. The topological polar surface area (TPSA) is 57.4 Å². The summed E-state index contributed by atoms with van der Waals surface area (Å²) >= 11 is 0. The van der Waals surface area contributed by atoms with Crippen LogP contribution in [0, 0.1) is 25.5 Å². The highest BCUT2D eigenvalue weighted by Gasteiger charge is 2.21. The molecule has 1 aromatic carbocycles. The van der Waals surface area contributed by atoms with Gasteiger partial charge in [0.1, 0.15) is 11.6 Å². The van der Waals surface area contributed by atoms with Crippen molar-refractivity contribution in [2.45, 2.75) is 53.4 Å². The lowest BCUT2D eigenvalue weighted by molar-refractivity contribution is 0.575. The summed E-state index contributed by atoms with van der Waals surface area (Å²) < 4.78 is 29.3. The number of aromatic amines is 2. The number of allylic oxidation sites excluding steroid dienone is 2. The molecule has 148 valence electrons. The van der Waals surface area contributed by atoms with Gasteiger partial charge in [-0.3, -0.25) is 10.2 Å². The van der Waals surface area contributed by atoms with Crippen LogP contribution < -0.4 is 0 Å². The Kier molecular flexibility index (Phi) is 6.07. The first-order chi connectivity index (χ1) is 13.4. The largest absolute Gasteiger partial charge is 0.277 e. The van der Waals surface area contributed by atoms with Crippen LogP contribution >= 0.6 is 0 Å². The van der Waals surface area contributed by atoms with Gasteiger partial charge in [-0.25, -0.2) is 8.78 Å². The minimum atomic E-state index is -0.540. The molecule has 0 radical (unpaired) electrons. The third-order valence-electron chi connectivity index (χ3n) is 5.08. The van der Waals surface area contributed by atoms with Crippen LogP contribution in [0.4, 0.5) is 8.78 Å². The Morgan fingerprint density at radius 3 is 2.29 bits per heavy atom. The third kappa shape index (κ3) is 3.91. The van der Waals surface area contributed by atoms with Crippen LogP contribution in [-0.4, -0.2) is 20.4 Å². The third-order valence-corrected chi connectivity index (χ3v) is 5.08. The molecule has 0 spiro atoms. The van der Waals surface area contributed by atoms with Gasteiger partial charge in [0.25, 0.3) is 0 Å². The number of aromatic nitrogens is 4. The van der Waals surface area contributed by atoms with E-state index >= 15 is 0 Å². The number of hydrogen-bond donors (Lipinski definition) is 2. The van der Waals surface area contributed by atoms with Crippen LogP contribution in [0.5, 0.6) is 0 Å². The van der Waals surface area contributed by atoms with Crippen molar-refractivity contribution >= 4 is 11.1 Å². The number of aryl methyl sites for hydroxylation is 2. The Bertz CT molecular complexity index is 975. The van der Waals surface area contributed by atoms with E-state index in [0.717, 1.165) is 47.4 Å². The Balaban J connectivity index is 2.18. The van der Waals surface area contributed by atoms with Gasteiger partial charge in [0.15, 0.2) is 0 Å². The van der Waals surface area contributed by atoms with Gasteiger partial charge >= 0.3 is 0 Å². The monoisotopic (exact) mass is 384 g/mol. The fraction of sp³-hybridized carbons (Fsp3) is 0.364. The van der Waals surface area contributed by atoms with Crippen molar-refractivity contribution < 1.29 is 8.78 Å². The fourth-order valence-corrected chi connectivity index (χ4v) is 3.59. The molecule has 0 saturated heterocycles. The Morgan fingerprint density at radius 2 is 1.68 bits per heavy atom. The fourth-order valence-electron chi connectivity index (χ4n) is 3.59. The normalized spacial score (nSPS) is 12.4. The average Bonchev–Trinajstić information content (AvgIpc) is 3.26. The lowest BCUT2D eigenvalue weighted by Gasteiger charge is -2.15. The van der Waals surface area contributed by atoms with Crippen LogP contribution in [-0.2, 0) is 0 Å². The molecule has 0 aliphatic rings. The number of unbranched alkanes of at least 4 members (excludes halogenated alkanes) is 2. The summed E-state index contributed by atoms with van der Waals surface area (Å²) in [4.78, 5) is 0. The minimum absolute atomic E-state index is 0.0268. The molecule has 2 aromatic heterocycles. The van der Waals surface area contributed by atoms with Gasteiger partial charge in [-0.05, 0) is 68.0 Å². The maximum Gasteiger partial charge on any atom is 0.133 e. The smallest absolute Gasteiger partial charge is 0.133 e. The van der Waals surface area contributed by atoms with E-state index in [-0.39, 0.29) is 5.56 Å². The van der Waals surface area contributed by atoms with Crippen LogP contribution in [0.2, 0.25) is 0 Å². The highest BCUT2D eigenvalue weighted by atomic mass is 19.1. The molecule has 6 heteroatoms. The zero-order valence-electron chi connectivity index (χ0n) is 16.8. The van der Waals surface area contributed by atoms with Crippen molar-refractivity contribution in [3.05, 3.63) is 58.5 Å². The van der Waals surface area contributed by atoms with E-state index in [1.165, 1.54) is 12.1 Å². The van der Waals surface area contributed by atoms with E-state index < -0.39 is 11.6 Å². The molecular weight excluding hydrogens is 358 g/mol. The summed E-state index contributed by atoms with van der Waals surface area (Å²) in [6.45, 7) is 7.56. The first-order valence-electron chi connectivity index (χ1n) is 9.63. The lowest BCUT2D eigenvalue weighted by Crippen LogP contribution is -2.00. The molecule has 2 heterocycles. The molecule has 0 aliphatic carbocycles. The highest BCUT2D eigenvalue weighted by Crippen LogP contribution is 2.37. The summed E-state index contributed by atoms with van der Waals surface area (Å²) in [7, 11) is 0. The quantitative estimate of drug-likeness (QED) is 0.476. The molecule has 0 bridgehead atoms. The Labute approximate surface area is 164 Å². The number of nitrogens with one attached hydrogen (secondary N) is 2. The SMILES string of the molecule is CCCCC/C(=C(/C)c1c(F)cc(C)cc1F)c1[nH]ncc1-c1[nH]ncc1C. The standard InChI is InChI=1S/C22H26F2N4/c1-5-6-7-8-16(15(4)20-18(23)9-13(2)10-19(20)24)22-17(12-26-28-22)21-14(3)11-25-27-21/h9-12H,5-8H2,1-4H3,(H,25,27)(H,26,28)/b16-15+. The second-order valence-electron chi connectivity index (χ2n) is 7.25. The zero-order valence-corrected chi connectivity index (χ0v) is 16.8. The number of halogens is 2. The van der Waals surface area contributed by atoms with Crippen molar-refractivity contribution in [3.8, 4) is 11.3 Å². The van der Waals surface area contributed by atoms with Gasteiger partial charge in [-0.15, -0.1) is 0 Å². The van der Waals surface area contributed by atoms with Gasteiger partial charge in [-0.2, -0.15) is 10.2 Å². The number of H-pyrrole nitrogens is 2. The molecule has 28 heavy (non-hydrogen) atoms. The second kappa shape index (κ2) is 8.50. The molecule has 0 saturated carbocycles. The molecule has 0 amide bonds. The van der Waals surface area contributed by atoms with Crippen LogP contribution in [0.25, 0.3) is 22.4 Å². The van der Waals surface area contributed by atoms with Crippen molar-refractivity contribution in [2.24, 2.45) is 0 Å². The number of hydrogen-bond acceptors (Lipinski definition) is 2. The summed E-state index contributed by atoms with van der Waals surface area (Å²) in [6, 6.07) is 2.75.